The van der Waals surface area contributed by atoms with Crippen LogP contribution in [0.5, 0.6) is 0 Å². The number of fused-ring (bicyclic) bond motifs is 2. The monoisotopic (exact) mass is 527 g/mol. The van der Waals surface area contributed by atoms with E-state index < -0.39 is 0 Å². The maximum atomic E-state index is 12.1. The normalized spacial score (nSPS) is 16.7. The highest BCUT2D eigenvalue weighted by Gasteiger charge is 2.33. The van der Waals surface area contributed by atoms with Gasteiger partial charge in [-0.3, -0.25) is 9.79 Å². The predicted octanol–water partition coefficient (Wildman–Crippen LogP) is 5.61. The molecule has 0 saturated carbocycles. The number of alkyl halides is 1. The summed E-state index contributed by atoms with van der Waals surface area (Å²) >= 11 is 5.66. The molecule has 3 N–H and O–H groups in total. The summed E-state index contributed by atoms with van der Waals surface area (Å²) in [6.07, 6.45) is 14.2. The van der Waals surface area contributed by atoms with Gasteiger partial charge in [0.25, 0.3) is 0 Å². The zero-order valence-electron chi connectivity index (χ0n) is 22.4. The van der Waals surface area contributed by atoms with Crippen molar-refractivity contribution in [1.82, 2.24) is 5.32 Å². The van der Waals surface area contributed by atoms with E-state index >= 15 is 0 Å². The van der Waals surface area contributed by atoms with Crippen LogP contribution >= 0.6 is 11.6 Å². The number of rotatable bonds is 16. The number of halogens is 1. The third-order valence-corrected chi connectivity index (χ3v) is 7.01. The minimum Gasteiger partial charge on any atom is -0.399 e. The van der Waals surface area contributed by atoms with Crippen LogP contribution in [0.1, 0.15) is 63.5 Å². The third kappa shape index (κ3) is 9.13. The van der Waals surface area contributed by atoms with Crippen LogP contribution in [0, 0.1) is 0 Å². The van der Waals surface area contributed by atoms with Gasteiger partial charge in [0.15, 0.2) is 0 Å². The second kappa shape index (κ2) is 15.1. The van der Waals surface area contributed by atoms with Gasteiger partial charge in [0.1, 0.15) is 0 Å². The number of aliphatic imine (C=N–C) groups is 1. The Bertz CT molecular complexity index is 1030. The number of nitrogen functional groups attached to an aromatic ring is 1. The molecule has 1 aromatic carbocycles. The van der Waals surface area contributed by atoms with Crippen LogP contribution in [0.3, 0.4) is 0 Å². The molecule has 3 rings (SSSR count). The number of anilines is 1. The number of hydrogen-bond acceptors (Lipinski definition) is 5. The van der Waals surface area contributed by atoms with Crippen LogP contribution < -0.4 is 11.1 Å². The van der Waals surface area contributed by atoms with Gasteiger partial charge >= 0.3 is 0 Å². The van der Waals surface area contributed by atoms with Crippen molar-refractivity contribution in [3.05, 3.63) is 58.7 Å². The van der Waals surface area contributed by atoms with Crippen LogP contribution in [0.4, 0.5) is 5.69 Å². The molecule has 7 heteroatoms. The third-order valence-electron chi connectivity index (χ3n) is 6.74. The van der Waals surface area contributed by atoms with E-state index in [-0.39, 0.29) is 11.3 Å². The largest absolute Gasteiger partial charge is 0.399 e. The van der Waals surface area contributed by atoms with Gasteiger partial charge in [-0.25, -0.2) is 0 Å². The zero-order chi connectivity index (χ0) is 26.5. The summed E-state index contributed by atoms with van der Waals surface area (Å²) in [7, 11) is 0. The summed E-state index contributed by atoms with van der Waals surface area (Å²) in [5, 5.41) is 2.91. The molecule has 2 aliphatic rings. The van der Waals surface area contributed by atoms with Gasteiger partial charge in [-0.05, 0) is 71.9 Å². The summed E-state index contributed by atoms with van der Waals surface area (Å²) < 4.78 is 11.1. The smallest absolute Gasteiger partial charge is 0.220 e. The molecule has 0 spiro atoms. The minimum absolute atomic E-state index is 0.0300. The number of hydrogen-bond donors (Lipinski definition) is 2. The first-order valence-corrected chi connectivity index (χ1v) is 14.0. The van der Waals surface area contributed by atoms with Crippen molar-refractivity contribution in [2.24, 2.45) is 4.99 Å². The van der Waals surface area contributed by atoms with Crippen molar-refractivity contribution >= 4 is 35.0 Å². The van der Waals surface area contributed by atoms with Gasteiger partial charge < -0.3 is 20.5 Å². The molecule has 0 heterocycles. The van der Waals surface area contributed by atoms with E-state index in [1.54, 1.807) is 0 Å². The van der Waals surface area contributed by atoms with E-state index in [2.05, 4.69) is 55.6 Å². The Morgan fingerprint density at radius 1 is 1.00 bits per heavy atom. The van der Waals surface area contributed by atoms with Gasteiger partial charge in [-0.1, -0.05) is 38.8 Å². The Morgan fingerprint density at radius 2 is 1.78 bits per heavy atom. The van der Waals surface area contributed by atoms with Gasteiger partial charge in [0, 0.05) is 43.1 Å². The first-order valence-electron chi connectivity index (χ1n) is 13.5. The Balaban J connectivity index is 1.30. The van der Waals surface area contributed by atoms with Crippen LogP contribution in [-0.4, -0.2) is 57.0 Å². The molecule has 1 amide bonds. The number of carbonyl (C=O) groups excluding carboxylic acids is 1. The maximum absolute atomic E-state index is 12.1. The Hall–Kier alpha value is -2.41. The number of nitrogens with one attached hydrogen (secondary N) is 1. The summed E-state index contributed by atoms with van der Waals surface area (Å²) in [6.45, 7) is 7.97. The number of unbranched alkanes of at least 4 members (excludes halogenated alkanes) is 3. The SMILES string of the molecule is CC1(C)C2=C/C(=N/CCCC(=O)NCCOCCOCCCCCCCl)C=CC2=Cc2ccc(N)cc21. The highest BCUT2D eigenvalue weighted by atomic mass is 35.5. The Morgan fingerprint density at radius 3 is 2.59 bits per heavy atom. The van der Waals surface area contributed by atoms with Crippen molar-refractivity contribution in [3.63, 3.8) is 0 Å². The molecule has 37 heavy (non-hydrogen) atoms. The summed E-state index contributed by atoms with van der Waals surface area (Å²) in [5.74, 6) is 0.766. The Kier molecular flexibility index (Phi) is 11.9. The van der Waals surface area contributed by atoms with E-state index in [0.29, 0.717) is 45.8 Å². The number of amides is 1. The molecular formula is C30H42ClN3O3. The standard InChI is InChI=1S/C30H42ClN3O3/c1-30(2)27-21-25(32)11-9-23(27)20-24-10-12-26(22-28(24)30)33-14-7-8-29(35)34-15-17-37-19-18-36-16-6-4-3-5-13-31/h9-12,20-22H,3-8,13-19,32H2,1-2H3,(H,34,35)/b33-26+. The number of ether oxygens (including phenoxy) is 2. The fourth-order valence-electron chi connectivity index (χ4n) is 4.64. The van der Waals surface area contributed by atoms with Gasteiger partial charge in [-0.15, -0.1) is 11.6 Å². The van der Waals surface area contributed by atoms with E-state index in [1.165, 1.54) is 22.3 Å². The average Bonchev–Trinajstić information content (AvgIpc) is 2.88. The van der Waals surface area contributed by atoms with Crippen molar-refractivity contribution in [2.75, 3.05) is 51.1 Å². The first kappa shape index (κ1) is 29.2. The van der Waals surface area contributed by atoms with E-state index in [1.807, 2.05) is 6.07 Å². The molecule has 0 radical (unpaired) electrons. The highest BCUT2D eigenvalue weighted by Crippen LogP contribution is 2.44. The maximum Gasteiger partial charge on any atom is 0.220 e. The number of benzene rings is 1. The molecule has 0 unspecified atom stereocenters. The predicted molar refractivity (Wildman–Crippen MR) is 154 cm³/mol. The second-order valence-electron chi connectivity index (χ2n) is 10.1. The zero-order valence-corrected chi connectivity index (χ0v) is 23.1. The fraction of sp³-hybridized carbons (Fsp3) is 0.533. The molecule has 202 valence electrons. The lowest BCUT2D eigenvalue weighted by atomic mass is 9.67. The van der Waals surface area contributed by atoms with E-state index in [0.717, 1.165) is 49.6 Å². The Labute approximate surface area is 227 Å². The number of nitrogens with zero attached hydrogens (tertiary/aromatic N) is 1. The van der Waals surface area contributed by atoms with Crippen LogP contribution in [0.2, 0.25) is 0 Å². The minimum atomic E-state index is -0.154. The average molecular weight is 528 g/mol. The summed E-state index contributed by atoms with van der Waals surface area (Å²) in [4.78, 5) is 16.8. The van der Waals surface area contributed by atoms with Crippen molar-refractivity contribution < 1.29 is 14.3 Å². The van der Waals surface area contributed by atoms with Crippen molar-refractivity contribution in [3.8, 4) is 0 Å². The molecule has 0 bridgehead atoms. The number of nitrogens with two attached hydrogens (primary N) is 1. The quantitative estimate of drug-likeness (QED) is 0.166. The molecule has 0 aromatic heterocycles. The van der Waals surface area contributed by atoms with Crippen LogP contribution in [0.15, 0.2) is 52.6 Å². The lowest BCUT2D eigenvalue weighted by Gasteiger charge is -2.36. The lowest BCUT2D eigenvalue weighted by molar-refractivity contribution is -0.121. The number of carbonyl (C=O) groups is 1. The summed E-state index contributed by atoms with van der Waals surface area (Å²) in [5.41, 5.74) is 12.5. The van der Waals surface area contributed by atoms with E-state index in [9.17, 15) is 4.79 Å². The molecular weight excluding hydrogens is 486 g/mol. The van der Waals surface area contributed by atoms with Crippen molar-refractivity contribution in [1.29, 1.82) is 0 Å². The lowest BCUT2D eigenvalue weighted by Crippen LogP contribution is -2.28. The second-order valence-corrected chi connectivity index (χ2v) is 10.4. The topological polar surface area (TPSA) is 85.9 Å². The molecule has 0 atom stereocenters. The number of allylic oxidation sites excluding steroid dienone is 5. The molecule has 0 fully saturated rings. The molecule has 0 aliphatic heterocycles. The highest BCUT2D eigenvalue weighted by molar-refractivity contribution is 6.17. The molecule has 2 aliphatic carbocycles. The first-order chi connectivity index (χ1) is 17.9. The fourth-order valence-corrected chi connectivity index (χ4v) is 4.83. The van der Waals surface area contributed by atoms with Gasteiger partial charge in [0.05, 0.1) is 25.5 Å². The van der Waals surface area contributed by atoms with Gasteiger partial charge in [0.2, 0.25) is 5.91 Å². The molecule has 6 nitrogen and oxygen atoms in total. The molecule has 0 saturated heterocycles. The van der Waals surface area contributed by atoms with Crippen LogP contribution in [0.25, 0.3) is 6.08 Å². The van der Waals surface area contributed by atoms with Gasteiger partial charge in [-0.2, -0.15) is 0 Å². The summed E-state index contributed by atoms with van der Waals surface area (Å²) in [6, 6.07) is 6.11. The molecule has 1 aromatic rings. The van der Waals surface area contributed by atoms with Crippen molar-refractivity contribution in [2.45, 2.75) is 57.8 Å². The van der Waals surface area contributed by atoms with E-state index in [4.69, 9.17) is 31.8 Å². The van der Waals surface area contributed by atoms with Crippen LogP contribution in [-0.2, 0) is 19.7 Å².